The zero-order valence-electron chi connectivity index (χ0n) is 16.0. The van der Waals surface area contributed by atoms with Crippen LogP contribution in [0.2, 0.25) is 0 Å². The molecule has 2 aliphatic heterocycles. The second-order valence-electron chi connectivity index (χ2n) is 7.59. The van der Waals surface area contributed by atoms with Gasteiger partial charge >= 0.3 is 0 Å². The Labute approximate surface area is 178 Å². The summed E-state index contributed by atoms with van der Waals surface area (Å²) in [5.41, 5.74) is 6.21. The maximum absolute atomic E-state index is 6.21. The van der Waals surface area contributed by atoms with Gasteiger partial charge in [0.25, 0.3) is 0 Å². The molecule has 2 fully saturated rings. The summed E-state index contributed by atoms with van der Waals surface area (Å²) in [5.74, 6) is 2.36. The summed E-state index contributed by atoms with van der Waals surface area (Å²) in [6, 6.07) is 0. The third-order valence-electron chi connectivity index (χ3n) is 5.14. The molecule has 0 radical (unpaired) electrons. The van der Waals surface area contributed by atoms with Crippen molar-refractivity contribution in [2.75, 3.05) is 57.3 Å². The Morgan fingerprint density at radius 2 is 1.92 bits per heavy atom. The van der Waals surface area contributed by atoms with Gasteiger partial charge in [0.15, 0.2) is 11.1 Å². The number of piperidine rings is 1. The minimum absolute atomic E-state index is 0. The highest BCUT2D eigenvalue weighted by Crippen LogP contribution is 2.21. The quantitative estimate of drug-likeness (QED) is 0.296. The molecule has 2 saturated heterocycles. The van der Waals surface area contributed by atoms with Crippen LogP contribution in [0.1, 0.15) is 26.7 Å². The number of likely N-dealkylation sites (tertiary alicyclic amines) is 1. The first kappa shape index (κ1) is 21.7. The molecule has 0 saturated carbocycles. The number of nitrogens with zero attached hydrogens (tertiary/aromatic N) is 5. The molecule has 1 aromatic heterocycles. The van der Waals surface area contributed by atoms with E-state index in [1.807, 2.05) is 11.6 Å². The molecule has 0 amide bonds. The highest BCUT2D eigenvalue weighted by Gasteiger charge is 2.21. The maximum atomic E-state index is 6.21. The van der Waals surface area contributed by atoms with Crippen LogP contribution >= 0.6 is 35.3 Å². The van der Waals surface area contributed by atoms with Crippen LogP contribution in [0.15, 0.2) is 16.6 Å². The third-order valence-corrected chi connectivity index (χ3v) is 5.98. The monoisotopic (exact) mass is 492 g/mol. The van der Waals surface area contributed by atoms with Gasteiger partial charge in [-0.1, -0.05) is 13.8 Å². The Hall–Kier alpha value is -0.610. The molecule has 0 spiro atoms. The van der Waals surface area contributed by atoms with Gasteiger partial charge < -0.3 is 20.4 Å². The van der Waals surface area contributed by atoms with Crippen LogP contribution in [0.4, 0.5) is 5.13 Å². The van der Waals surface area contributed by atoms with Crippen LogP contribution in [0.5, 0.6) is 0 Å². The first-order valence-corrected chi connectivity index (χ1v) is 10.4. The molecule has 0 aliphatic carbocycles. The summed E-state index contributed by atoms with van der Waals surface area (Å²) in [6.07, 6.45) is 4.33. The highest BCUT2D eigenvalue weighted by molar-refractivity contribution is 14.0. The van der Waals surface area contributed by atoms with Crippen molar-refractivity contribution in [3.05, 3.63) is 11.6 Å². The molecular weight excluding hydrogens is 459 g/mol. The van der Waals surface area contributed by atoms with E-state index in [-0.39, 0.29) is 24.0 Å². The number of piperazine rings is 1. The number of hydrogen-bond acceptors (Lipinski definition) is 5. The van der Waals surface area contributed by atoms with Crippen LogP contribution in [-0.2, 0) is 0 Å². The molecule has 2 unspecified atom stereocenters. The summed E-state index contributed by atoms with van der Waals surface area (Å²) in [7, 11) is 0. The SMILES string of the molecule is CC1CC(C)CN(CCCN=C(N)N2CCN(c3nccs3)CC2)C1.I. The third kappa shape index (κ3) is 6.23. The van der Waals surface area contributed by atoms with Crippen LogP contribution in [0.25, 0.3) is 0 Å². The highest BCUT2D eigenvalue weighted by atomic mass is 127. The predicted octanol–water partition coefficient (Wildman–Crippen LogP) is 2.57. The molecule has 148 valence electrons. The Kier molecular flexibility index (Phi) is 8.89. The predicted molar refractivity (Wildman–Crippen MR) is 122 cm³/mol. The van der Waals surface area contributed by atoms with E-state index in [1.54, 1.807) is 11.3 Å². The van der Waals surface area contributed by atoms with Gasteiger partial charge in [-0.3, -0.25) is 4.99 Å². The summed E-state index contributed by atoms with van der Waals surface area (Å²) >= 11 is 1.70. The lowest BCUT2D eigenvalue weighted by Gasteiger charge is -2.35. The minimum atomic E-state index is 0. The molecule has 0 bridgehead atoms. The minimum Gasteiger partial charge on any atom is -0.370 e. The molecule has 8 heteroatoms. The molecule has 3 rings (SSSR count). The number of anilines is 1. The summed E-state index contributed by atoms with van der Waals surface area (Å²) in [4.78, 5) is 16.1. The van der Waals surface area contributed by atoms with Gasteiger partial charge in [-0.15, -0.1) is 35.3 Å². The van der Waals surface area contributed by atoms with Crippen LogP contribution < -0.4 is 10.6 Å². The van der Waals surface area contributed by atoms with Gasteiger partial charge in [0.1, 0.15) is 0 Å². The van der Waals surface area contributed by atoms with Crippen molar-refractivity contribution in [2.45, 2.75) is 26.7 Å². The lowest BCUT2D eigenvalue weighted by atomic mass is 9.92. The van der Waals surface area contributed by atoms with Crippen LogP contribution in [0, 0.1) is 11.8 Å². The number of aliphatic imine (C=N–C) groups is 1. The average molecular weight is 492 g/mol. The molecular formula is C18H33IN6S. The fourth-order valence-electron chi connectivity index (χ4n) is 4.06. The van der Waals surface area contributed by atoms with Crippen LogP contribution in [0.3, 0.4) is 0 Å². The average Bonchev–Trinajstić information content (AvgIpc) is 3.12. The lowest BCUT2D eigenvalue weighted by molar-refractivity contribution is 0.140. The zero-order chi connectivity index (χ0) is 17.6. The maximum Gasteiger partial charge on any atom is 0.191 e. The van der Waals surface area contributed by atoms with E-state index in [2.05, 4.69) is 38.5 Å². The normalized spacial score (nSPS) is 25.2. The van der Waals surface area contributed by atoms with E-state index in [4.69, 9.17) is 5.73 Å². The summed E-state index contributed by atoms with van der Waals surface area (Å²) in [5, 5.41) is 3.14. The van der Waals surface area contributed by atoms with Crippen molar-refractivity contribution in [2.24, 2.45) is 22.6 Å². The number of hydrogen-bond donors (Lipinski definition) is 1. The smallest absolute Gasteiger partial charge is 0.191 e. The number of guanidine groups is 1. The number of nitrogens with two attached hydrogens (primary N) is 1. The molecule has 2 N–H and O–H groups in total. The van der Waals surface area contributed by atoms with Gasteiger partial charge in [0.2, 0.25) is 0 Å². The van der Waals surface area contributed by atoms with E-state index in [0.29, 0.717) is 5.96 Å². The van der Waals surface area contributed by atoms with Crippen molar-refractivity contribution in [3.8, 4) is 0 Å². The Morgan fingerprint density at radius 3 is 2.54 bits per heavy atom. The largest absolute Gasteiger partial charge is 0.370 e. The first-order chi connectivity index (χ1) is 12.1. The lowest BCUT2D eigenvalue weighted by Crippen LogP contribution is -2.51. The van der Waals surface area contributed by atoms with Gasteiger partial charge in [-0.05, 0) is 31.2 Å². The van der Waals surface area contributed by atoms with Crippen molar-refractivity contribution in [1.82, 2.24) is 14.8 Å². The van der Waals surface area contributed by atoms with Crippen molar-refractivity contribution in [1.29, 1.82) is 0 Å². The fraction of sp³-hybridized carbons (Fsp3) is 0.778. The topological polar surface area (TPSA) is 61.0 Å². The van der Waals surface area contributed by atoms with E-state index in [9.17, 15) is 0 Å². The molecule has 2 atom stereocenters. The van der Waals surface area contributed by atoms with Crippen molar-refractivity contribution < 1.29 is 0 Å². The number of rotatable bonds is 5. The summed E-state index contributed by atoms with van der Waals surface area (Å²) < 4.78 is 0. The number of aromatic nitrogens is 1. The Morgan fingerprint density at radius 1 is 1.23 bits per heavy atom. The number of thiazole rings is 1. The van der Waals surface area contributed by atoms with Crippen molar-refractivity contribution in [3.63, 3.8) is 0 Å². The molecule has 2 aliphatic rings. The zero-order valence-corrected chi connectivity index (χ0v) is 19.2. The van der Waals surface area contributed by atoms with E-state index in [0.717, 1.165) is 62.7 Å². The van der Waals surface area contributed by atoms with Gasteiger partial charge in [-0.2, -0.15) is 0 Å². The molecule has 0 aromatic carbocycles. The standard InChI is InChI=1S/C18H32N6S.HI/c1-15-12-16(2)14-22(13-15)6-3-4-20-17(19)23-7-9-24(10-8-23)18-21-5-11-25-18;/h5,11,15-16H,3-4,6-10,12-14H2,1-2H3,(H2,19,20);1H. The van der Waals surface area contributed by atoms with Crippen LogP contribution in [-0.4, -0.2) is 73.1 Å². The summed E-state index contributed by atoms with van der Waals surface area (Å²) in [6.45, 7) is 13.0. The Balaban J connectivity index is 0.00000243. The molecule has 26 heavy (non-hydrogen) atoms. The van der Waals surface area contributed by atoms with E-state index >= 15 is 0 Å². The fourth-order valence-corrected chi connectivity index (χ4v) is 4.76. The Bertz CT molecular complexity index is 534. The molecule has 6 nitrogen and oxygen atoms in total. The first-order valence-electron chi connectivity index (χ1n) is 9.53. The van der Waals surface area contributed by atoms with E-state index < -0.39 is 0 Å². The van der Waals surface area contributed by atoms with Gasteiger partial charge in [-0.25, -0.2) is 4.98 Å². The molecule has 1 aromatic rings. The molecule has 3 heterocycles. The van der Waals surface area contributed by atoms with Gasteiger partial charge in [0, 0.05) is 57.4 Å². The van der Waals surface area contributed by atoms with Gasteiger partial charge in [0.05, 0.1) is 0 Å². The van der Waals surface area contributed by atoms with Crippen molar-refractivity contribution >= 4 is 46.4 Å². The van der Waals surface area contributed by atoms with E-state index in [1.165, 1.54) is 19.5 Å². The second kappa shape index (κ2) is 10.7. The second-order valence-corrected chi connectivity index (χ2v) is 8.46. The number of halogens is 1.